The number of hydrogen-bond donors (Lipinski definition) is 1. The highest BCUT2D eigenvalue weighted by Crippen LogP contribution is 2.07. The van der Waals surface area contributed by atoms with Crippen LogP contribution in [0.25, 0.3) is 0 Å². The molecule has 23 heavy (non-hydrogen) atoms. The van der Waals surface area contributed by atoms with Crippen molar-refractivity contribution in [2.24, 2.45) is 19.2 Å². The van der Waals surface area contributed by atoms with E-state index in [0.717, 1.165) is 26.6 Å². The number of thioether (sulfide) groups is 1. The smallest absolute Gasteiger partial charge is 0.272 e. The summed E-state index contributed by atoms with van der Waals surface area (Å²) in [4.78, 5) is 35.1. The zero-order chi connectivity index (χ0) is 16.8. The number of carbonyl (C=O) groups excluding carboxylic acids is 1. The van der Waals surface area contributed by atoms with Crippen LogP contribution in [0, 0.1) is 0 Å². The topological polar surface area (TPSA) is 98.3 Å². The van der Waals surface area contributed by atoms with Gasteiger partial charge in [-0.15, -0.1) is 0 Å². The van der Waals surface area contributed by atoms with E-state index in [1.807, 2.05) is 30.3 Å². The summed E-state index contributed by atoms with van der Waals surface area (Å²) in [5.74, 6) is -0.410. The molecule has 0 radical (unpaired) electrons. The fraction of sp³-hybridized carbons (Fsp3) is 0.214. The summed E-state index contributed by atoms with van der Waals surface area (Å²) < 4.78 is 2.00. The Kier molecular flexibility index (Phi) is 5.47. The molecule has 1 aromatic carbocycles. The lowest BCUT2D eigenvalue weighted by atomic mass is 10.2. The van der Waals surface area contributed by atoms with Crippen molar-refractivity contribution < 1.29 is 4.79 Å². The molecule has 1 amide bonds. The summed E-state index contributed by atoms with van der Waals surface area (Å²) in [5.41, 5.74) is 2.18. The van der Waals surface area contributed by atoms with Crippen LogP contribution in [0.4, 0.5) is 0 Å². The van der Waals surface area contributed by atoms with Gasteiger partial charge in [0.05, 0.1) is 12.0 Å². The molecule has 2 rings (SSSR count). The third-order valence-corrected chi connectivity index (χ3v) is 3.77. The van der Waals surface area contributed by atoms with E-state index in [1.54, 1.807) is 0 Å². The minimum absolute atomic E-state index is 0.0351. The Bertz CT molecular complexity index is 842. The molecule has 0 bridgehead atoms. The van der Waals surface area contributed by atoms with Crippen LogP contribution in [0.3, 0.4) is 0 Å². The highest BCUT2D eigenvalue weighted by molar-refractivity contribution is 7.99. The van der Waals surface area contributed by atoms with Crippen LogP contribution in [0.5, 0.6) is 0 Å². The van der Waals surface area contributed by atoms with Crippen LogP contribution >= 0.6 is 11.8 Å². The van der Waals surface area contributed by atoms with Gasteiger partial charge in [0.1, 0.15) is 0 Å². The van der Waals surface area contributed by atoms with Crippen molar-refractivity contribution in [3.8, 4) is 0 Å². The van der Waals surface area contributed by atoms with Crippen molar-refractivity contribution >= 4 is 23.9 Å². The number of nitrogens with one attached hydrogen (secondary N) is 1. The number of nitrogens with zero attached hydrogens (tertiary/aromatic N) is 4. The minimum atomic E-state index is -0.529. The highest BCUT2D eigenvalue weighted by Gasteiger charge is 2.11. The Labute approximate surface area is 135 Å². The number of aromatic nitrogens is 3. The Hall–Kier alpha value is -2.68. The molecule has 120 valence electrons. The van der Waals surface area contributed by atoms with Gasteiger partial charge in [-0.3, -0.25) is 14.2 Å². The second-order valence-electron chi connectivity index (χ2n) is 4.57. The van der Waals surface area contributed by atoms with Gasteiger partial charge in [0.25, 0.3) is 5.56 Å². The predicted octanol–water partition coefficient (Wildman–Crippen LogP) is -0.279. The summed E-state index contributed by atoms with van der Waals surface area (Å²) in [7, 11) is 2.80. The lowest BCUT2D eigenvalue weighted by Crippen LogP contribution is -2.39. The van der Waals surface area contributed by atoms with Crippen molar-refractivity contribution in [2.75, 3.05) is 5.75 Å². The molecular weight excluding hydrogens is 318 g/mol. The summed E-state index contributed by atoms with van der Waals surface area (Å²) in [6.07, 6.45) is 1.52. The molecule has 2 aromatic rings. The van der Waals surface area contributed by atoms with Gasteiger partial charge < -0.3 is 0 Å². The van der Waals surface area contributed by atoms with Gasteiger partial charge in [-0.1, -0.05) is 42.1 Å². The molecule has 0 aliphatic carbocycles. The summed E-state index contributed by atoms with van der Waals surface area (Å²) in [5, 5.41) is 7.76. The van der Waals surface area contributed by atoms with Crippen LogP contribution in [0.15, 0.2) is 50.0 Å². The van der Waals surface area contributed by atoms with Gasteiger partial charge in [-0.2, -0.15) is 10.2 Å². The van der Waals surface area contributed by atoms with Gasteiger partial charge in [-0.25, -0.2) is 14.9 Å². The minimum Gasteiger partial charge on any atom is -0.272 e. The monoisotopic (exact) mass is 333 g/mol. The van der Waals surface area contributed by atoms with Crippen LogP contribution in [-0.4, -0.2) is 32.2 Å². The second-order valence-corrected chi connectivity index (χ2v) is 5.53. The number of rotatable bonds is 5. The molecule has 9 heteroatoms. The third kappa shape index (κ3) is 4.39. The molecule has 1 N–H and O–H groups in total. The SMILES string of the molecule is Cn1nc(SCC(=O)NN=Cc2ccccc2)c(=O)n(C)c1=O. The summed E-state index contributed by atoms with van der Waals surface area (Å²) in [6, 6.07) is 9.30. The molecule has 0 saturated carbocycles. The molecular formula is C14H15N5O3S. The fourth-order valence-corrected chi connectivity index (χ4v) is 2.42. The average molecular weight is 333 g/mol. The molecule has 0 unspecified atom stereocenters. The molecule has 0 saturated heterocycles. The Balaban J connectivity index is 1.94. The standard InChI is InChI=1S/C14H15N5O3S/c1-18-13(21)12(17-19(2)14(18)22)23-9-11(20)16-15-8-10-6-4-3-5-7-10/h3-8H,9H2,1-2H3,(H,16,20). The first kappa shape index (κ1) is 16.7. The van der Waals surface area contributed by atoms with Crippen molar-refractivity contribution in [1.29, 1.82) is 0 Å². The van der Waals surface area contributed by atoms with E-state index in [2.05, 4.69) is 15.6 Å². The molecule has 0 spiro atoms. The first-order valence-corrected chi connectivity index (χ1v) is 7.61. The number of aryl methyl sites for hydroxylation is 1. The number of hydrazone groups is 1. The van der Waals surface area contributed by atoms with Crippen LogP contribution in [0.2, 0.25) is 0 Å². The van der Waals surface area contributed by atoms with Crippen molar-refractivity contribution in [1.82, 2.24) is 19.8 Å². The molecule has 0 atom stereocenters. The molecule has 8 nitrogen and oxygen atoms in total. The Morgan fingerprint density at radius 1 is 1.30 bits per heavy atom. The molecule has 0 aliphatic heterocycles. The van der Waals surface area contributed by atoms with Gasteiger partial charge in [0.15, 0.2) is 5.03 Å². The van der Waals surface area contributed by atoms with E-state index in [4.69, 9.17) is 0 Å². The van der Waals surface area contributed by atoms with E-state index in [9.17, 15) is 14.4 Å². The molecule has 0 fully saturated rings. The number of amides is 1. The molecule has 0 aliphatic rings. The van der Waals surface area contributed by atoms with E-state index >= 15 is 0 Å². The number of carbonyl (C=O) groups is 1. The second kappa shape index (κ2) is 7.54. The van der Waals surface area contributed by atoms with Gasteiger partial charge in [0, 0.05) is 14.1 Å². The highest BCUT2D eigenvalue weighted by atomic mass is 32.2. The lowest BCUT2D eigenvalue weighted by molar-refractivity contribution is -0.118. The third-order valence-electron chi connectivity index (χ3n) is 2.83. The zero-order valence-electron chi connectivity index (χ0n) is 12.6. The molecule has 1 aromatic heterocycles. The van der Waals surface area contributed by atoms with E-state index in [-0.39, 0.29) is 16.7 Å². The van der Waals surface area contributed by atoms with E-state index in [1.165, 1.54) is 20.3 Å². The first-order valence-electron chi connectivity index (χ1n) is 6.63. The van der Waals surface area contributed by atoms with Gasteiger partial charge in [0.2, 0.25) is 5.91 Å². The van der Waals surface area contributed by atoms with Crippen molar-refractivity contribution in [2.45, 2.75) is 5.03 Å². The maximum atomic E-state index is 11.9. The maximum absolute atomic E-state index is 11.9. The largest absolute Gasteiger partial charge is 0.346 e. The number of hydrogen-bond acceptors (Lipinski definition) is 6. The van der Waals surface area contributed by atoms with E-state index < -0.39 is 11.2 Å². The Morgan fingerprint density at radius 3 is 2.70 bits per heavy atom. The fourth-order valence-electron chi connectivity index (χ4n) is 1.64. The lowest BCUT2D eigenvalue weighted by Gasteiger charge is -2.04. The van der Waals surface area contributed by atoms with Gasteiger partial charge >= 0.3 is 5.69 Å². The number of benzene rings is 1. The van der Waals surface area contributed by atoms with Gasteiger partial charge in [-0.05, 0) is 5.56 Å². The van der Waals surface area contributed by atoms with Crippen LogP contribution in [-0.2, 0) is 18.9 Å². The first-order chi connectivity index (χ1) is 11.0. The van der Waals surface area contributed by atoms with Crippen molar-refractivity contribution in [3.63, 3.8) is 0 Å². The van der Waals surface area contributed by atoms with Crippen LogP contribution < -0.4 is 16.7 Å². The molecule has 1 heterocycles. The summed E-state index contributed by atoms with van der Waals surface area (Å²) >= 11 is 0.948. The predicted molar refractivity (Wildman–Crippen MR) is 87.6 cm³/mol. The maximum Gasteiger partial charge on any atom is 0.346 e. The van der Waals surface area contributed by atoms with E-state index in [0.29, 0.717) is 0 Å². The van der Waals surface area contributed by atoms with Crippen LogP contribution in [0.1, 0.15) is 5.56 Å². The Morgan fingerprint density at radius 2 is 2.00 bits per heavy atom. The normalized spacial score (nSPS) is 10.9. The average Bonchev–Trinajstić information content (AvgIpc) is 2.56. The zero-order valence-corrected chi connectivity index (χ0v) is 13.4. The van der Waals surface area contributed by atoms with Crippen molar-refractivity contribution in [3.05, 3.63) is 56.7 Å². The summed E-state index contributed by atoms with van der Waals surface area (Å²) in [6.45, 7) is 0. The quantitative estimate of drug-likeness (QED) is 0.461.